The van der Waals surface area contributed by atoms with Crippen LogP contribution >= 0.6 is 0 Å². The lowest BCUT2D eigenvalue weighted by atomic mass is 9.99. The van der Waals surface area contributed by atoms with Gasteiger partial charge in [-0.15, -0.1) is 0 Å². The molecule has 0 radical (unpaired) electrons. The third-order valence-corrected chi connectivity index (χ3v) is 39.1. The molecule has 5 aromatic carbocycles. The summed E-state index contributed by atoms with van der Waals surface area (Å²) in [6, 6.07) is 48.3. The van der Waals surface area contributed by atoms with Crippen molar-refractivity contribution >= 4 is 132 Å². The second-order valence-electron chi connectivity index (χ2n) is 39.2. The fourth-order valence-electron chi connectivity index (χ4n) is 20.2. The third-order valence-electron chi connectivity index (χ3n) is 28.7. The van der Waals surface area contributed by atoms with Gasteiger partial charge in [0.25, 0.3) is 0 Å². The van der Waals surface area contributed by atoms with Gasteiger partial charge in [0.1, 0.15) is 17.3 Å². The Hall–Kier alpha value is -12.5. The van der Waals surface area contributed by atoms with Crippen LogP contribution in [0.2, 0.25) is 0 Å². The summed E-state index contributed by atoms with van der Waals surface area (Å²) in [4.78, 5) is 38.4. The molecule has 0 amide bonds. The molecular weight excluding hydrogens is 1950 g/mol. The fraction of sp³-hybridized carbons (Fsp3) is 0.378. The highest BCUT2D eigenvalue weighted by Gasteiger charge is 2.43. The first-order chi connectivity index (χ1) is 70.8. The van der Waals surface area contributed by atoms with Crippen LogP contribution in [0.5, 0.6) is 0 Å². The number of nitrogens with one attached hydrogen (secondary N) is 5. The molecule has 5 N–H and O–H groups in total. The Labute approximate surface area is 861 Å². The molecule has 22 rings (SSSR count). The van der Waals surface area contributed by atoms with Crippen molar-refractivity contribution in [1.82, 2.24) is 66.4 Å². The van der Waals surface area contributed by atoms with E-state index >= 15 is 0 Å². The van der Waals surface area contributed by atoms with Gasteiger partial charge in [-0.05, 0) is 351 Å². The maximum atomic E-state index is 14.3. The number of hydrogen-bond acceptors (Lipinski definition) is 25. The van der Waals surface area contributed by atoms with E-state index in [4.69, 9.17) is 4.42 Å². The average molecular weight is 2080 g/mol. The van der Waals surface area contributed by atoms with Crippen LogP contribution in [0.1, 0.15) is 139 Å². The molecule has 7 fully saturated rings. The molecule has 10 aromatic heterocycles. The van der Waals surface area contributed by atoms with Crippen molar-refractivity contribution in [3.05, 3.63) is 267 Å². The normalized spacial score (nSPS) is 17.2. The van der Waals surface area contributed by atoms with Crippen molar-refractivity contribution in [1.29, 1.82) is 0 Å². The highest BCUT2D eigenvalue weighted by molar-refractivity contribution is 7.90. The Kier molecular flexibility index (Phi) is 32.5. The number of hydrogen-bond donors (Lipinski definition) is 5. The Balaban J connectivity index is 0.000000120. The van der Waals surface area contributed by atoms with Gasteiger partial charge in [0, 0.05) is 272 Å². The molecule has 2 saturated carbocycles. The number of rotatable bonds is 25. The summed E-state index contributed by atoms with van der Waals surface area (Å²) < 4.78 is 151. The first-order valence-corrected chi connectivity index (χ1v) is 58.7. The highest BCUT2D eigenvalue weighted by atomic mass is 32.2. The molecule has 0 bridgehead atoms. The van der Waals surface area contributed by atoms with Crippen molar-refractivity contribution in [2.24, 2.45) is 0 Å². The molecule has 147 heavy (non-hydrogen) atoms. The number of anilines is 5. The standard InChI is InChI=1S/2C23H26N4O2S.C23H28N4O2S.C21H23FN4O2S.C21H25N3O3S/c1-16-12-17(5-9-25-16)19-13-18-4-8-24-15-22(18)23(14-19)26-20-6-10-27(11-7-20)30(28,29)21-2-3-21;1-16-10-19(14-25-13-16)18-11-17-4-7-24-15-22(17)23(12-18)26-20-5-8-27(9-6-20)30(28,29)21-2-3-21;1-4-30(28,29)27-9-6-21(7-10-27)26-23-14-20(13-18-5-8-24-15-22(18)23)19-11-16(2)25-17(3)12-19;1-2-29(27,28)26-9-5-17(6-10-26)25-21-12-16(18-4-8-24-14-20(18)22)11-15-3-7-23-13-19(15)21;1-3-28(25,26)24-10-7-18(8-11-24)23-20-13-17(21-5-4-15(2)27-21)12-16-6-9-22-14-19(16)20/h4-5,8-9,12-15,20-21,26H,2-3,6-7,10-11H2,1H3;4,7,10-15,20-21,26H,2-3,5-6,8-9H2,1H3;5,8,11-15,21,26H,4,6-7,9-10H2,1-3H3;3-4,7-8,11-14,17,25H,2,5-6,9-10H2,1H3;4-6,9,12-14,18,23H,3,7-8,10-11H2,1-2H3. The second-order valence-corrected chi connectivity index (χ2v) is 50.4. The van der Waals surface area contributed by atoms with Crippen LogP contribution in [0.4, 0.5) is 32.8 Å². The minimum Gasteiger partial charge on any atom is -0.461 e. The van der Waals surface area contributed by atoms with Crippen LogP contribution in [-0.2, 0) is 50.1 Å². The Morgan fingerprint density at radius 2 is 0.612 bits per heavy atom. The number of nitrogens with zero attached hydrogens (tertiary/aromatic N) is 14. The Bertz CT molecular complexity index is 7680. The summed E-state index contributed by atoms with van der Waals surface area (Å²) >= 11 is 0. The summed E-state index contributed by atoms with van der Waals surface area (Å²) in [5.74, 6) is 1.79. The van der Waals surface area contributed by atoms with Gasteiger partial charge in [0.15, 0.2) is 0 Å². The lowest BCUT2D eigenvalue weighted by Gasteiger charge is -2.32. The summed E-state index contributed by atoms with van der Waals surface area (Å²) in [5.41, 5.74) is 18.1. The minimum atomic E-state index is -3.15. The summed E-state index contributed by atoms with van der Waals surface area (Å²) in [6.07, 6.45) is 37.8. The van der Waals surface area contributed by atoms with Gasteiger partial charge in [-0.2, -0.15) is 0 Å². The van der Waals surface area contributed by atoms with Gasteiger partial charge in [0.2, 0.25) is 50.1 Å². The zero-order chi connectivity index (χ0) is 103. The van der Waals surface area contributed by atoms with E-state index in [2.05, 4.69) is 144 Å². The monoisotopic (exact) mass is 2080 g/mol. The highest BCUT2D eigenvalue weighted by Crippen LogP contribution is 2.42. The number of aromatic nitrogens is 9. The number of aryl methyl sites for hydroxylation is 5. The lowest BCUT2D eigenvalue weighted by molar-refractivity contribution is 0.329. The van der Waals surface area contributed by atoms with Gasteiger partial charge in [0.05, 0.1) is 34.0 Å². The van der Waals surface area contributed by atoms with Crippen molar-refractivity contribution in [3.63, 3.8) is 0 Å². The van der Waals surface area contributed by atoms with Crippen molar-refractivity contribution in [2.45, 2.75) is 186 Å². The van der Waals surface area contributed by atoms with Crippen LogP contribution in [0, 0.1) is 40.4 Å². The SMILES string of the molecule is CCS(=O)(=O)N1CCC(Nc2cc(-c3cc(C)nc(C)c3)cc3ccncc23)CC1.CCS(=O)(=O)N1CCC(Nc2cc(-c3ccc(C)o3)cc3ccncc23)CC1.CCS(=O)(=O)N1CCC(Nc2cc(-c3ccncc3F)cc3ccncc23)CC1.Cc1cc(-c2cc(NC3CCN(S(=O)(=O)C4CC4)CC3)c3cnccc3c2)ccn1.Cc1cncc(-c2cc(NC3CCN(S(=O)(=O)C4CC4)CC3)c3cnccc3c2)c1. The molecule has 0 atom stereocenters. The molecule has 0 spiro atoms. The maximum absolute atomic E-state index is 14.3. The summed E-state index contributed by atoms with van der Waals surface area (Å²) in [7, 11) is -15.5. The van der Waals surface area contributed by atoms with Crippen LogP contribution in [0.3, 0.4) is 0 Å². The summed E-state index contributed by atoms with van der Waals surface area (Å²) in [6.45, 7) is 20.7. The molecule has 36 heteroatoms. The summed E-state index contributed by atoms with van der Waals surface area (Å²) in [5, 5.41) is 28.6. The Morgan fingerprint density at radius 1 is 0.299 bits per heavy atom. The zero-order valence-electron chi connectivity index (χ0n) is 84.2. The predicted molar refractivity (Wildman–Crippen MR) is 586 cm³/mol. The second kappa shape index (κ2) is 45.7. The quantitative estimate of drug-likeness (QED) is 0.0355. The molecule has 7 aliphatic rings. The average Bonchev–Trinajstić information content (AvgIpc) is 1.75. The number of pyridine rings is 9. The van der Waals surface area contributed by atoms with Crippen LogP contribution in [-0.4, -0.2) is 232 Å². The number of benzene rings is 5. The number of halogens is 1. The number of piperidine rings is 5. The first kappa shape index (κ1) is 104. The predicted octanol–water partition coefficient (Wildman–Crippen LogP) is 19.8. The largest absolute Gasteiger partial charge is 0.461 e. The zero-order valence-corrected chi connectivity index (χ0v) is 88.3. The molecule has 15 aromatic rings. The van der Waals surface area contributed by atoms with E-state index in [1.807, 2.05) is 157 Å². The molecule has 0 unspecified atom stereocenters. The topological polar surface area (TPSA) is 376 Å². The van der Waals surface area contributed by atoms with E-state index in [-0.39, 0.29) is 63.8 Å². The van der Waals surface area contributed by atoms with E-state index in [9.17, 15) is 46.5 Å². The molecule has 2 aliphatic carbocycles. The molecule has 30 nitrogen and oxygen atoms in total. The lowest BCUT2D eigenvalue weighted by Crippen LogP contribution is -2.43. The van der Waals surface area contributed by atoms with E-state index in [0.29, 0.717) is 71.0 Å². The first-order valence-electron chi connectivity index (χ1n) is 50.9. The van der Waals surface area contributed by atoms with Gasteiger partial charge in [-0.3, -0.25) is 44.9 Å². The number of fused-ring (bicyclic) bond motifs is 5. The van der Waals surface area contributed by atoms with Crippen LogP contribution in [0.25, 0.3) is 110 Å². The van der Waals surface area contributed by atoms with Crippen LogP contribution in [0.15, 0.2) is 237 Å². The van der Waals surface area contributed by atoms with E-state index < -0.39 is 50.1 Å². The van der Waals surface area contributed by atoms with E-state index in [0.717, 1.165) is 251 Å². The maximum Gasteiger partial charge on any atom is 0.216 e. The van der Waals surface area contributed by atoms with Gasteiger partial charge < -0.3 is 31.0 Å². The molecule has 5 aliphatic heterocycles. The van der Waals surface area contributed by atoms with Crippen molar-refractivity contribution in [2.75, 3.05) is 109 Å². The van der Waals surface area contributed by atoms with Crippen LogP contribution < -0.4 is 26.6 Å². The fourth-order valence-corrected chi connectivity index (χ4v) is 27.3. The molecule has 770 valence electrons. The van der Waals surface area contributed by atoms with Crippen molar-refractivity contribution in [3.8, 4) is 55.8 Å². The van der Waals surface area contributed by atoms with Gasteiger partial charge in [-0.1, -0.05) is 0 Å². The van der Waals surface area contributed by atoms with Gasteiger partial charge >= 0.3 is 0 Å². The van der Waals surface area contributed by atoms with Gasteiger partial charge in [-0.25, -0.2) is 68.0 Å². The van der Waals surface area contributed by atoms with E-state index in [1.165, 1.54) is 6.20 Å². The third kappa shape index (κ3) is 25.4. The smallest absolute Gasteiger partial charge is 0.216 e. The number of furan rings is 1. The molecular formula is C111H128FN19O11S5. The van der Waals surface area contributed by atoms with Crippen molar-refractivity contribution < 1.29 is 50.9 Å². The number of sulfonamides is 5. The minimum absolute atomic E-state index is 0.126. The molecule has 15 heterocycles. The molecule has 5 saturated heterocycles. The van der Waals surface area contributed by atoms with E-state index in [1.54, 1.807) is 73.2 Å². The Morgan fingerprint density at radius 3 is 0.952 bits per heavy atom.